The number of esters is 2. The van der Waals surface area contributed by atoms with E-state index < -0.39 is 5.97 Å². The van der Waals surface area contributed by atoms with Gasteiger partial charge >= 0.3 is 11.9 Å². The van der Waals surface area contributed by atoms with Gasteiger partial charge in [-0.25, -0.2) is 4.79 Å². The van der Waals surface area contributed by atoms with E-state index in [2.05, 4.69) is 6.92 Å². The molecule has 0 amide bonds. The van der Waals surface area contributed by atoms with Crippen LogP contribution in [0.3, 0.4) is 0 Å². The van der Waals surface area contributed by atoms with Gasteiger partial charge in [-0.1, -0.05) is 19.8 Å². The van der Waals surface area contributed by atoms with E-state index in [4.69, 9.17) is 14.2 Å². The second-order valence-electron chi connectivity index (χ2n) is 4.54. The fraction of sp³-hybridized carbons (Fsp3) is 0.500. The van der Waals surface area contributed by atoms with Crippen molar-refractivity contribution in [3.05, 3.63) is 29.8 Å². The van der Waals surface area contributed by atoms with Crippen molar-refractivity contribution in [1.29, 1.82) is 0 Å². The molecule has 1 aromatic carbocycles. The number of ether oxygens (including phenoxy) is 3. The van der Waals surface area contributed by atoms with Gasteiger partial charge in [0.05, 0.1) is 12.7 Å². The maximum Gasteiger partial charge on any atom is 0.338 e. The Morgan fingerprint density at radius 2 is 1.67 bits per heavy atom. The lowest BCUT2D eigenvalue weighted by Gasteiger charge is -2.07. The summed E-state index contributed by atoms with van der Waals surface area (Å²) in [5.74, 6) is -0.0174. The molecule has 116 valence electrons. The molecule has 0 bridgehead atoms. The second-order valence-corrected chi connectivity index (χ2v) is 4.54. The molecule has 0 saturated heterocycles. The summed E-state index contributed by atoms with van der Waals surface area (Å²) in [6.07, 6.45) is 3.33. The highest BCUT2D eigenvalue weighted by Gasteiger charge is 2.08. The minimum atomic E-state index is -0.445. The maximum absolute atomic E-state index is 11.7. The average Bonchev–Trinajstić information content (AvgIpc) is 2.51. The summed E-state index contributed by atoms with van der Waals surface area (Å²) in [5.41, 5.74) is 0.435. The SMILES string of the molecule is CCCCCC(=O)OCCOC(=O)c1ccc(OC)cc1. The third-order valence-electron chi connectivity index (χ3n) is 2.89. The van der Waals surface area contributed by atoms with Gasteiger partial charge in [0, 0.05) is 6.42 Å². The van der Waals surface area contributed by atoms with Crippen molar-refractivity contribution in [2.45, 2.75) is 32.6 Å². The summed E-state index contributed by atoms with van der Waals surface area (Å²) in [4.78, 5) is 23.0. The van der Waals surface area contributed by atoms with Crippen molar-refractivity contribution in [3.63, 3.8) is 0 Å². The van der Waals surface area contributed by atoms with Gasteiger partial charge in [-0.3, -0.25) is 4.79 Å². The van der Waals surface area contributed by atoms with Crippen molar-refractivity contribution in [1.82, 2.24) is 0 Å². The van der Waals surface area contributed by atoms with Crippen molar-refractivity contribution >= 4 is 11.9 Å². The van der Waals surface area contributed by atoms with Crippen molar-refractivity contribution in [3.8, 4) is 5.75 Å². The Morgan fingerprint density at radius 3 is 2.29 bits per heavy atom. The van der Waals surface area contributed by atoms with E-state index in [-0.39, 0.29) is 19.2 Å². The van der Waals surface area contributed by atoms with Crippen LogP contribution in [-0.2, 0) is 14.3 Å². The predicted octanol–water partition coefficient (Wildman–Crippen LogP) is 2.98. The normalized spacial score (nSPS) is 10.0. The summed E-state index contributed by atoms with van der Waals surface area (Å²) in [5, 5.41) is 0. The Bertz CT molecular complexity index is 438. The fourth-order valence-corrected chi connectivity index (χ4v) is 1.69. The number of unbranched alkanes of at least 4 members (excludes halogenated alkanes) is 2. The molecular formula is C16H22O5. The second kappa shape index (κ2) is 9.80. The lowest BCUT2D eigenvalue weighted by Crippen LogP contribution is -2.14. The molecule has 0 radical (unpaired) electrons. The Balaban J connectivity index is 2.19. The molecule has 0 atom stereocenters. The molecule has 0 saturated carbocycles. The van der Waals surface area contributed by atoms with E-state index in [0.717, 1.165) is 19.3 Å². The van der Waals surface area contributed by atoms with Crippen LogP contribution in [0.2, 0.25) is 0 Å². The van der Waals surface area contributed by atoms with Crippen LogP contribution >= 0.6 is 0 Å². The number of rotatable bonds is 9. The summed E-state index contributed by atoms with van der Waals surface area (Å²) in [6, 6.07) is 6.62. The highest BCUT2D eigenvalue weighted by molar-refractivity contribution is 5.89. The summed E-state index contributed by atoms with van der Waals surface area (Å²) in [7, 11) is 1.56. The number of carbonyl (C=O) groups excluding carboxylic acids is 2. The van der Waals surface area contributed by atoms with Gasteiger partial charge < -0.3 is 14.2 Å². The van der Waals surface area contributed by atoms with E-state index in [9.17, 15) is 9.59 Å². The average molecular weight is 294 g/mol. The fourth-order valence-electron chi connectivity index (χ4n) is 1.69. The maximum atomic E-state index is 11.7. The van der Waals surface area contributed by atoms with E-state index in [1.54, 1.807) is 31.4 Å². The van der Waals surface area contributed by atoms with Gasteiger partial charge in [-0.15, -0.1) is 0 Å². The largest absolute Gasteiger partial charge is 0.497 e. The van der Waals surface area contributed by atoms with E-state index in [1.165, 1.54) is 0 Å². The first kappa shape index (κ1) is 17.0. The zero-order valence-electron chi connectivity index (χ0n) is 12.6. The van der Waals surface area contributed by atoms with E-state index in [0.29, 0.717) is 17.7 Å². The molecule has 0 N–H and O–H groups in total. The molecule has 21 heavy (non-hydrogen) atoms. The number of hydrogen-bond acceptors (Lipinski definition) is 5. The van der Waals surface area contributed by atoms with Crippen LogP contribution in [0.4, 0.5) is 0 Å². The zero-order valence-corrected chi connectivity index (χ0v) is 12.6. The smallest absolute Gasteiger partial charge is 0.338 e. The Labute approximate surface area is 125 Å². The Hall–Kier alpha value is -2.04. The first-order valence-electron chi connectivity index (χ1n) is 7.14. The van der Waals surface area contributed by atoms with Gasteiger partial charge in [0.25, 0.3) is 0 Å². The number of methoxy groups -OCH3 is 1. The molecule has 0 aromatic heterocycles. The quantitative estimate of drug-likeness (QED) is 0.517. The van der Waals surface area contributed by atoms with E-state index in [1.807, 2.05) is 0 Å². The van der Waals surface area contributed by atoms with Crippen LogP contribution in [0.1, 0.15) is 43.0 Å². The molecule has 0 aliphatic heterocycles. The Morgan fingerprint density at radius 1 is 1.00 bits per heavy atom. The monoisotopic (exact) mass is 294 g/mol. The minimum absolute atomic E-state index is 0.0599. The first-order valence-corrected chi connectivity index (χ1v) is 7.14. The van der Waals surface area contributed by atoms with E-state index >= 15 is 0 Å². The van der Waals surface area contributed by atoms with Gasteiger partial charge in [-0.2, -0.15) is 0 Å². The molecule has 1 aromatic rings. The van der Waals surface area contributed by atoms with Gasteiger partial charge in [0.2, 0.25) is 0 Å². The highest BCUT2D eigenvalue weighted by atomic mass is 16.6. The summed E-state index contributed by atoms with van der Waals surface area (Å²) in [6.45, 7) is 2.22. The topological polar surface area (TPSA) is 61.8 Å². The molecular weight excluding hydrogens is 272 g/mol. The number of benzene rings is 1. The van der Waals surface area contributed by atoms with Crippen LogP contribution in [0.5, 0.6) is 5.75 Å². The molecule has 0 fully saturated rings. The van der Waals surface area contributed by atoms with Gasteiger partial charge in [-0.05, 0) is 30.7 Å². The minimum Gasteiger partial charge on any atom is -0.497 e. The lowest BCUT2D eigenvalue weighted by molar-refractivity contribution is -0.144. The number of carbonyl (C=O) groups is 2. The molecule has 0 heterocycles. The zero-order chi connectivity index (χ0) is 15.5. The standard InChI is InChI=1S/C16H22O5/c1-3-4-5-6-15(17)20-11-12-21-16(18)13-7-9-14(19-2)10-8-13/h7-10H,3-6,11-12H2,1-2H3. The first-order chi connectivity index (χ1) is 10.2. The van der Waals surface area contributed by atoms with Crippen LogP contribution in [-0.4, -0.2) is 32.3 Å². The van der Waals surface area contributed by atoms with Crippen LogP contribution in [0, 0.1) is 0 Å². The third kappa shape index (κ3) is 6.79. The van der Waals surface area contributed by atoms with Gasteiger partial charge in [0.15, 0.2) is 0 Å². The Kier molecular flexibility index (Phi) is 7.94. The van der Waals surface area contributed by atoms with Gasteiger partial charge in [0.1, 0.15) is 19.0 Å². The molecule has 0 spiro atoms. The predicted molar refractivity (Wildman–Crippen MR) is 78.4 cm³/mol. The molecule has 5 heteroatoms. The molecule has 0 unspecified atom stereocenters. The lowest BCUT2D eigenvalue weighted by atomic mass is 10.2. The molecule has 0 aliphatic rings. The summed E-state index contributed by atoms with van der Waals surface area (Å²) < 4.78 is 15.0. The van der Waals surface area contributed by atoms with Crippen LogP contribution in [0.25, 0.3) is 0 Å². The van der Waals surface area contributed by atoms with Crippen LogP contribution in [0.15, 0.2) is 24.3 Å². The van der Waals surface area contributed by atoms with Crippen molar-refractivity contribution in [2.75, 3.05) is 20.3 Å². The van der Waals surface area contributed by atoms with Crippen LogP contribution < -0.4 is 4.74 Å². The van der Waals surface area contributed by atoms with Crippen molar-refractivity contribution < 1.29 is 23.8 Å². The molecule has 5 nitrogen and oxygen atoms in total. The van der Waals surface area contributed by atoms with Crippen molar-refractivity contribution in [2.24, 2.45) is 0 Å². The summed E-state index contributed by atoms with van der Waals surface area (Å²) >= 11 is 0. The molecule has 1 rings (SSSR count). The highest BCUT2D eigenvalue weighted by Crippen LogP contribution is 2.12. The molecule has 0 aliphatic carbocycles. The third-order valence-corrected chi connectivity index (χ3v) is 2.89. The number of hydrogen-bond donors (Lipinski definition) is 0.